The van der Waals surface area contributed by atoms with E-state index in [1.165, 1.54) is 11.3 Å². The molecule has 0 unspecified atom stereocenters. The molecule has 0 aliphatic carbocycles. The van der Waals surface area contributed by atoms with Crippen molar-refractivity contribution in [1.29, 1.82) is 0 Å². The van der Waals surface area contributed by atoms with Gasteiger partial charge in [0.1, 0.15) is 5.60 Å². The number of rotatable bonds is 2. The molecule has 78 valence electrons. The van der Waals surface area contributed by atoms with Gasteiger partial charge in [0.15, 0.2) is 5.06 Å². The smallest absolute Gasteiger partial charge is 0.173 e. The summed E-state index contributed by atoms with van der Waals surface area (Å²) in [5, 5.41) is 14.5. The van der Waals surface area contributed by atoms with E-state index in [9.17, 15) is 5.11 Å². The average molecular weight is 213 g/mol. The lowest BCUT2D eigenvalue weighted by atomic mass is 9.91. The van der Waals surface area contributed by atoms with Gasteiger partial charge in [0.2, 0.25) is 0 Å². The predicted molar refractivity (Wildman–Crippen MR) is 56.9 cm³/mol. The molecule has 14 heavy (non-hydrogen) atoms. The number of ether oxygens (including phenoxy) is 1. The first kappa shape index (κ1) is 9.96. The first-order valence-electron chi connectivity index (χ1n) is 4.82. The first-order chi connectivity index (χ1) is 6.74. The number of hydrogen-bond donors (Lipinski definition) is 2. The standard InChI is InChI=1S/C10H15NO2S/c1-13-9-3-2-8(14-9)10(12)4-6-11-7-5-10/h2-3,11-12H,4-7H2,1H3. The van der Waals surface area contributed by atoms with E-state index in [4.69, 9.17) is 4.74 Å². The lowest BCUT2D eigenvalue weighted by Gasteiger charge is -2.31. The van der Waals surface area contributed by atoms with Crippen LogP contribution in [0.3, 0.4) is 0 Å². The largest absolute Gasteiger partial charge is 0.487 e. The fourth-order valence-electron chi connectivity index (χ4n) is 1.77. The van der Waals surface area contributed by atoms with Gasteiger partial charge in [0.25, 0.3) is 0 Å². The second-order valence-corrected chi connectivity index (χ2v) is 4.65. The summed E-state index contributed by atoms with van der Waals surface area (Å²) >= 11 is 1.54. The van der Waals surface area contributed by atoms with Gasteiger partial charge in [0.05, 0.1) is 7.11 Å². The van der Waals surface area contributed by atoms with Gasteiger partial charge in [-0.2, -0.15) is 0 Å². The predicted octanol–water partition coefficient (Wildman–Crippen LogP) is 1.33. The zero-order chi connectivity index (χ0) is 10.0. The number of piperidine rings is 1. The van der Waals surface area contributed by atoms with Gasteiger partial charge in [-0.1, -0.05) is 0 Å². The molecule has 1 aliphatic heterocycles. The van der Waals surface area contributed by atoms with Crippen LogP contribution in [-0.4, -0.2) is 25.3 Å². The van der Waals surface area contributed by atoms with Crippen LogP contribution in [0.15, 0.2) is 12.1 Å². The molecule has 4 heteroatoms. The summed E-state index contributed by atoms with van der Waals surface area (Å²) < 4.78 is 5.12. The zero-order valence-electron chi connectivity index (χ0n) is 8.25. The van der Waals surface area contributed by atoms with Crippen LogP contribution in [0.2, 0.25) is 0 Å². The van der Waals surface area contributed by atoms with Crippen molar-refractivity contribution in [2.75, 3.05) is 20.2 Å². The van der Waals surface area contributed by atoms with Crippen molar-refractivity contribution in [2.24, 2.45) is 0 Å². The Morgan fingerprint density at radius 3 is 2.71 bits per heavy atom. The quantitative estimate of drug-likeness (QED) is 0.778. The van der Waals surface area contributed by atoms with Crippen LogP contribution < -0.4 is 10.1 Å². The third-order valence-electron chi connectivity index (χ3n) is 2.67. The SMILES string of the molecule is COc1ccc(C2(O)CCNCC2)s1. The molecule has 0 saturated carbocycles. The van der Waals surface area contributed by atoms with E-state index >= 15 is 0 Å². The minimum atomic E-state index is -0.632. The molecule has 2 rings (SSSR count). The summed E-state index contributed by atoms with van der Waals surface area (Å²) in [4.78, 5) is 1.02. The lowest BCUT2D eigenvalue weighted by molar-refractivity contribution is 0.00943. The summed E-state index contributed by atoms with van der Waals surface area (Å²) in [5.41, 5.74) is -0.632. The molecule has 2 N–H and O–H groups in total. The van der Waals surface area contributed by atoms with Crippen LogP contribution in [0.5, 0.6) is 5.06 Å². The van der Waals surface area contributed by atoms with Crippen LogP contribution in [0.4, 0.5) is 0 Å². The molecule has 0 spiro atoms. The van der Waals surface area contributed by atoms with Crippen molar-refractivity contribution in [3.8, 4) is 5.06 Å². The number of nitrogens with one attached hydrogen (secondary N) is 1. The van der Waals surface area contributed by atoms with E-state index in [1.807, 2.05) is 12.1 Å². The second-order valence-electron chi connectivity index (χ2n) is 3.60. The molecule has 1 aromatic heterocycles. The first-order valence-corrected chi connectivity index (χ1v) is 5.64. The minimum absolute atomic E-state index is 0.632. The fourth-order valence-corrected chi connectivity index (χ4v) is 2.73. The topological polar surface area (TPSA) is 41.5 Å². The van der Waals surface area contributed by atoms with E-state index in [1.54, 1.807) is 7.11 Å². The lowest BCUT2D eigenvalue weighted by Crippen LogP contribution is -2.39. The van der Waals surface area contributed by atoms with Gasteiger partial charge in [0, 0.05) is 4.88 Å². The number of aliphatic hydroxyl groups is 1. The highest BCUT2D eigenvalue weighted by Crippen LogP contribution is 2.37. The third kappa shape index (κ3) is 1.78. The Labute approximate surface area is 87.7 Å². The highest BCUT2D eigenvalue weighted by Gasteiger charge is 2.32. The maximum atomic E-state index is 10.4. The van der Waals surface area contributed by atoms with Gasteiger partial charge in [-0.15, -0.1) is 11.3 Å². The van der Waals surface area contributed by atoms with Crippen molar-refractivity contribution in [1.82, 2.24) is 5.32 Å². The summed E-state index contributed by atoms with van der Waals surface area (Å²) in [7, 11) is 1.65. The van der Waals surface area contributed by atoms with Crippen molar-refractivity contribution in [3.05, 3.63) is 17.0 Å². The second kappa shape index (κ2) is 3.88. The molecule has 0 aromatic carbocycles. The van der Waals surface area contributed by atoms with Crippen LogP contribution in [-0.2, 0) is 5.60 Å². The van der Waals surface area contributed by atoms with E-state index < -0.39 is 5.60 Å². The fraction of sp³-hybridized carbons (Fsp3) is 0.600. The van der Waals surface area contributed by atoms with Gasteiger partial charge < -0.3 is 15.2 Å². The Balaban J connectivity index is 2.19. The van der Waals surface area contributed by atoms with Gasteiger partial charge in [-0.3, -0.25) is 0 Å². The average Bonchev–Trinajstić information content (AvgIpc) is 2.67. The summed E-state index contributed by atoms with van der Waals surface area (Å²) in [6, 6.07) is 3.88. The Bertz CT molecular complexity index is 305. The number of methoxy groups -OCH3 is 1. The highest BCUT2D eigenvalue weighted by atomic mass is 32.1. The number of hydrogen-bond acceptors (Lipinski definition) is 4. The monoisotopic (exact) mass is 213 g/mol. The molecule has 0 amide bonds. The molecule has 0 radical (unpaired) electrons. The molecule has 3 nitrogen and oxygen atoms in total. The molecule has 1 aliphatic rings. The summed E-state index contributed by atoms with van der Waals surface area (Å²) in [6.45, 7) is 1.77. The van der Waals surface area contributed by atoms with Crippen LogP contribution in [0.25, 0.3) is 0 Å². The summed E-state index contributed by atoms with van der Waals surface area (Å²) in [6.07, 6.45) is 1.58. The van der Waals surface area contributed by atoms with E-state index in [0.29, 0.717) is 0 Å². The van der Waals surface area contributed by atoms with Crippen molar-refractivity contribution in [2.45, 2.75) is 18.4 Å². The van der Waals surface area contributed by atoms with Crippen molar-refractivity contribution in [3.63, 3.8) is 0 Å². The van der Waals surface area contributed by atoms with Gasteiger partial charge in [-0.05, 0) is 38.1 Å². The number of thiophene rings is 1. The van der Waals surface area contributed by atoms with Gasteiger partial charge in [-0.25, -0.2) is 0 Å². The Hall–Kier alpha value is -0.580. The molecular formula is C10H15NO2S. The molecule has 2 heterocycles. The van der Waals surface area contributed by atoms with Crippen molar-refractivity contribution < 1.29 is 9.84 Å². The van der Waals surface area contributed by atoms with Crippen LogP contribution in [0, 0.1) is 0 Å². The third-order valence-corrected chi connectivity index (χ3v) is 3.91. The highest BCUT2D eigenvalue weighted by molar-refractivity contribution is 7.14. The molecule has 1 aromatic rings. The molecule has 0 bridgehead atoms. The molecular weight excluding hydrogens is 198 g/mol. The summed E-state index contributed by atoms with van der Waals surface area (Å²) in [5.74, 6) is 0. The zero-order valence-corrected chi connectivity index (χ0v) is 9.06. The Kier molecular flexibility index (Phi) is 2.76. The van der Waals surface area contributed by atoms with E-state index in [2.05, 4.69) is 5.32 Å². The minimum Gasteiger partial charge on any atom is -0.487 e. The molecule has 1 fully saturated rings. The normalized spacial score (nSPS) is 20.7. The molecule has 1 saturated heterocycles. The van der Waals surface area contributed by atoms with E-state index in [-0.39, 0.29) is 0 Å². The van der Waals surface area contributed by atoms with E-state index in [0.717, 1.165) is 35.9 Å². The maximum absolute atomic E-state index is 10.4. The maximum Gasteiger partial charge on any atom is 0.173 e. The van der Waals surface area contributed by atoms with Gasteiger partial charge >= 0.3 is 0 Å². The molecule has 0 atom stereocenters. The Morgan fingerprint density at radius 1 is 1.43 bits per heavy atom. The van der Waals surface area contributed by atoms with Crippen LogP contribution >= 0.6 is 11.3 Å². The Morgan fingerprint density at radius 2 is 2.14 bits per heavy atom. The van der Waals surface area contributed by atoms with Crippen molar-refractivity contribution >= 4 is 11.3 Å². The van der Waals surface area contributed by atoms with Crippen LogP contribution in [0.1, 0.15) is 17.7 Å².